The first-order valence-electron chi connectivity index (χ1n) is 6.48. The first-order chi connectivity index (χ1) is 8.20. The molecule has 0 saturated heterocycles. The van der Waals surface area contributed by atoms with Crippen molar-refractivity contribution in [2.45, 2.75) is 51.6 Å². The average molecular weight is 238 g/mol. The van der Waals surface area contributed by atoms with E-state index in [1.54, 1.807) is 0 Å². The molecule has 1 aliphatic rings. The van der Waals surface area contributed by atoms with Crippen molar-refractivity contribution in [2.75, 3.05) is 12.4 Å². The van der Waals surface area contributed by atoms with Gasteiger partial charge in [-0.05, 0) is 39.7 Å². The summed E-state index contributed by atoms with van der Waals surface area (Å²) in [6.45, 7) is 4.19. The Morgan fingerprint density at radius 2 is 1.94 bits per heavy atom. The molecule has 5 heteroatoms. The molecule has 0 bridgehead atoms. The molecule has 1 fully saturated rings. The van der Waals surface area contributed by atoms with Crippen LogP contribution in [0.4, 0.5) is 6.01 Å². The quantitative estimate of drug-likeness (QED) is 0.824. The Labute approximate surface area is 102 Å². The Morgan fingerprint density at radius 1 is 1.24 bits per heavy atom. The summed E-state index contributed by atoms with van der Waals surface area (Å²) in [4.78, 5) is 0. The molecule has 96 valence electrons. The minimum Gasteiger partial charge on any atom is -0.406 e. The van der Waals surface area contributed by atoms with Crippen LogP contribution in [0.3, 0.4) is 0 Å². The number of anilines is 1. The molecule has 2 atom stereocenters. The lowest BCUT2D eigenvalue weighted by molar-refractivity contribution is 0.424. The van der Waals surface area contributed by atoms with Crippen molar-refractivity contribution in [3.05, 3.63) is 5.89 Å². The van der Waals surface area contributed by atoms with Crippen molar-refractivity contribution in [1.82, 2.24) is 15.5 Å². The monoisotopic (exact) mass is 238 g/mol. The number of aromatic nitrogens is 2. The Hall–Kier alpha value is -1.10. The van der Waals surface area contributed by atoms with E-state index in [9.17, 15) is 0 Å². The molecule has 1 aliphatic carbocycles. The van der Waals surface area contributed by atoms with Crippen LogP contribution in [0.5, 0.6) is 0 Å². The second kappa shape index (κ2) is 5.49. The molecule has 5 nitrogen and oxygen atoms in total. The number of hydrogen-bond acceptors (Lipinski definition) is 5. The first kappa shape index (κ1) is 12.4. The highest BCUT2D eigenvalue weighted by molar-refractivity contribution is 5.20. The summed E-state index contributed by atoms with van der Waals surface area (Å²) in [6, 6.07) is 1.05. The van der Waals surface area contributed by atoms with Gasteiger partial charge in [-0.1, -0.05) is 17.9 Å². The van der Waals surface area contributed by atoms with E-state index in [-0.39, 0.29) is 6.04 Å². The van der Waals surface area contributed by atoms with Crippen molar-refractivity contribution in [1.29, 1.82) is 0 Å². The summed E-state index contributed by atoms with van der Waals surface area (Å²) in [7, 11) is 1.88. The molecule has 1 saturated carbocycles. The average Bonchev–Trinajstić information content (AvgIpc) is 2.98. The lowest BCUT2D eigenvalue weighted by Gasteiger charge is -2.18. The fraction of sp³-hybridized carbons (Fsp3) is 0.833. The highest BCUT2D eigenvalue weighted by Gasteiger charge is 2.23. The van der Waals surface area contributed by atoms with Crippen LogP contribution in [0, 0.1) is 5.92 Å². The topological polar surface area (TPSA) is 63.0 Å². The van der Waals surface area contributed by atoms with E-state index in [1.165, 1.54) is 25.7 Å². The molecule has 1 heterocycles. The first-order valence-corrected chi connectivity index (χ1v) is 6.48. The molecule has 0 spiro atoms. The Kier molecular flexibility index (Phi) is 3.99. The third kappa shape index (κ3) is 2.97. The van der Waals surface area contributed by atoms with Crippen LogP contribution in [-0.2, 0) is 0 Å². The van der Waals surface area contributed by atoms with E-state index in [0.29, 0.717) is 17.9 Å². The fourth-order valence-corrected chi connectivity index (χ4v) is 2.36. The van der Waals surface area contributed by atoms with Crippen molar-refractivity contribution in [2.24, 2.45) is 5.92 Å². The molecule has 17 heavy (non-hydrogen) atoms. The lowest BCUT2D eigenvalue weighted by Crippen LogP contribution is -2.23. The molecular weight excluding hydrogens is 216 g/mol. The summed E-state index contributed by atoms with van der Waals surface area (Å²) < 4.78 is 5.57. The molecule has 0 aromatic carbocycles. The Bertz CT molecular complexity index is 346. The van der Waals surface area contributed by atoms with Crippen molar-refractivity contribution in [3.8, 4) is 0 Å². The van der Waals surface area contributed by atoms with Crippen LogP contribution in [0.15, 0.2) is 4.42 Å². The molecule has 2 unspecified atom stereocenters. The van der Waals surface area contributed by atoms with Gasteiger partial charge < -0.3 is 15.1 Å². The maximum atomic E-state index is 5.57. The Balaban J connectivity index is 1.91. The second-order valence-corrected chi connectivity index (χ2v) is 4.93. The van der Waals surface area contributed by atoms with Crippen LogP contribution in [0.1, 0.15) is 51.5 Å². The normalized spacial score (nSPS) is 20.4. The van der Waals surface area contributed by atoms with Crippen molar-refractivity contribution >= 4 is 6.01 Å². The van der Waals surface area contributed by atoms with Crippen molar-refractivity contribution < 1.29 is 4.42 Å². The third-order valence-electron chi connectivity index (χ3n) is 3.70. The third-order valence-corrected chi connectivity index (χ3v) is 3.70. The van der Waals surface area contributed by atoms with Gasteiger partial charge in [-0.25, -0.2) is 0 Å². The highest BCUT2D eigenvalue weighted by atomic mass is 16.4. The zero-order valence-electron chi connectivity index (χ0n) is 10.9. The Morgan fingerprint density at radius 3 is 2.59 bits per heavy atom. The second-order valence-electron chi connectivity index (χ2n) is 4.93. The smallest absolute Gasteiger partial charge is 0.315 e. The van der Waals surface area contributed by atoms with Gasteiger partial charge in [0.05, 0.1) is 6.04 Å². The van der Waals surface area contributed by atoms with Gasteiger partial charge in [0, 0.05) is 6.04 Å². The molecule has 1 aromatic heterocycles. The van der Waals surface area contributed by atoms with Gasteiger partial charge in [0.15, 0.2) is 0 Å². The van der Waals surface area contributed by atoms with Crippen molar-refractivity contribution in [3.63, 3.8) is 0 Å². The van der Waals surface area contributed by atoms with Gasteiger partial charge in [-0.15, -0.1) is 5.10 Å². The van der Waals surface area contributed by atoms with E-state index >= 15 is 0 Å². The van der Waals surface area contributed by atoms with Gasteiger partial charge in [0.1, 0.15) is 0 Å². The van der Waals surface area contributed by atoms with E-state index < -0.39 is 0 Å². The van der Waals surface area contributed by atoms with E-state index in [1.807, 2.05) is 14.0 Å². The molecule has 2 N–H and O–H groups in total. The zero-order chi connectivity index (χ0) is 12.3. The van der Waals surface area contributed by atoms with Crippen LogP contribution in [-0.4, -0.2) is 23.3 Å². The number of rotatable bonds is 5. The summed E-state index contributed by atoms with van der Waals surface area (Å²) in [5.74, 6) is 1.38. The predicted octanol–water partition coefficient (Wildman–Crippen LogP) is 2.34. The minimum absolute atomic E-state index is 0.0971. The summed E-state index contributed by atoms with van der Waals surface area (Å²) in [5.41, 5.74) is 0. The van der Waals surface area contributed by atoms with Gasteiger partial charge in [0.25, 0.3) is 0 Å². The minimum atomic E-state index is 0.0971. The summed E-state index contributed by atoms with van der Waals surface area (Å²) in [6.07, 6.45) is 5.31. The predicted molar refractivity (Wildman–Crippen MR) is 66.8 cm³/mol. The van der Waals surface area contributed by atoms with Gasteiger partial charge in [0.2, 0.25) is 5.89 Å². The number of nitrogens with one attached hydrogen (secondary N) is 2. The lowest BCUT2D eigenvalue weighted by atomic mass is 10.0. The van der Waals surface area contributed by atoms with Crippen LogP contribution in [0.2, 0.25) is 0 Å². The zero-order valence-corrected chi connectivity index (χ0v) is 10.9. The summed E-state index contributed by atoms with van der Waals surface area (Å²) in [5, 5.41) is 14.4. The molecule has 2 rings (SSSR count). The maximum absolute atomic E-state index is 5.57. The summed E-state index contributed by atoms with van der Waals surface area (Å²) >= 11 is 0. The van der Waals surface area contributed by atoms with E-state index in [0.717, 1.165) is 5.92 Å². The standard InChI is InChI=1S/C12H22N4O/c1-8(10-6-4-5-7-10)14-12-16-15-11(17-12)9(2)13-3/h8-10,13H,4-7H2,1-3H3,(H,14,16). The van der Waals surface area contributed by atoms with Crippen LogP contribution in [0.25, 0.3) is 0 Å². The van der Waals surface area contributed by atoms with Gasteiger partial charge >= 0.3 is 6.01 Å². The molecule has 1 aromatic rings. The SMILES string of the molecule is CNC(C)c1nnc(NC(C)C2CCCC2)o1. The van der Waals surface area contributed by atoms with Gasteiger partial charge in [-0.3, -0.25) is 0 Å². The highest BCUT2D eigenvalue weighted by Crippen LogP contribution is 2.29. The molecule has 0 amide bonds. The van der Waals surface area contributed by atoms with Gasteiger partial charge in [-0.2, -0.15) is 0 Å². The van der Waals surface area contributed by atoms with Crippen LogP contribution < -0.4 is 10.6 Å². The van der Waals surface area contributed by atoms with Crippen LogP contribution >= 0.6 is 0 Å². The fourth-order valence-electron chi connectivity index (χ4n) is 2.36. The largest absolute Gasteiger partial charge is 0.406 e. The van der Waals surface area contributed by atoms with E-state index in [2.05, 4.69) is 27.8 Å². The molecule has 0 aliphatic heterocycles. The number of hydrogen-bond donors (Lipinski definition) is 2. The molecular formula is C12H22N4O. The van der Waals surface area contributed by atoms with E-state index in [4.69, 9.17) is 4.42 Å². The molecule has 0 radical (unpaired) electrons. The maximum Gasteiger partial charge on any atom is 0.315 e. The number of nitrogens with zero attached hydrogens (tertiary/aromatic N) is 2.